The Bertz CT molecular complexity index is 679. The van der Waals surface area contributed by atoms with Gasteiger partial charge in [-0.2, -0.15) is 0 Å². The van der Waals surface area contributed by atoms with Gasteiger partial charge in [-0.05, 0) is 30.0 Å². The van der Waals surface area contributed by atoms with Crippen molar-refractivity contribution in [1.82, 2.24) is 15.5 Å². The Balaban J connectivity index is 1.85. The number of hydrogen-bond acceptors (Lipinski definition) is 3. The van der Waals surface area contributed by atoms with Crippen LogP contribution in [0.1, 0.15) is 31.9 Å². The van der Waals surface area contributed by atoms with Crippen LogP contribution in [0.3, 0.4) is 0 Å². The van der Waals surface area contributed by atoms with Gasteiger partial charge in [0.25, 0.3) is 5.91 Å². The van der Waals surface area contributed by atoms with Crippen LogP contribution in [0.5, 0.6) is 5.75 Å². The molecule has 0 bridgehead atoms. The van der Waals surface area contributed by atoms with Crippen LogP contribution in [0.25, 0.3) is 0 Å². The van der Waals surface area contributed by atoms with Gasteiger partial charge in [0.2, 0.25) is 0 Å². The summed E-state index contributed by atoms with van der Waals surface area (Å²) in [6.07, 6.45) is 0.945. The number of amides is 3. The summed E-state index contributed by atoms with van der Waals surface area (Å²) >= 11 is 0. The Morgan fingerprint density at radius 3 is 2.58 bits per heavy atom. The van der Waals surface area contributed by atoms with Gasteiger partial charge in [0.15, 0.2) is 0 Å². The Labute approximate surface area is 141 Å². The first kappa shape index (κ1) is 16.4. The van der Waals surface area contributed by atoms with Crippen molar-refractivity contribution in [2.45, 2.75) is 26.3 Å². The second-order valence-corrected chi connectivity index (χ2v) is 6.61. The van der Waals surface area contributed by atoms with E-state index in [0.29, 0.717) is 30.3 Å². The average molecular weight is 329 g/mol. The number of nitrogens with one attached hydrogen (secondary N) is 2. The number of hydrogen-bond donors (Lipinski definition) is 2. The molecule has 128 valence electrons. The lowest BCUT2D eigenvalue weighted by atomic mass is 9.96. The molecule has 24 heavy (non-hydrogen) atoms. The lowest BCUT2D eigenvalue weighted by Gasteiger charge is -2.25. The van der Waals surface area contributed by atoms with Gasteiger partial charge in [-0.15, -0.1) is 0 Å². The van der Waals surface area contributed by atoms with Gasteiger partial charge in [-0.1, -0.05) is 26.0 Å². The fraction of sp³-hybridized carbons (Fsp3) is 0.444. The molecule has 0 unspecified atom stereocenters. The first-order valence-corrected chi connectivity index (χ1v) is 8.23. The highest BCUT2D eigenvalue weighted by Gasteiger charge is 2.40. The van der Waals surface area contributed by atoms with Crippen molar-refractivity contribution in [1.29, 1.82) is 0 Å². The fourth-order valence-electron chi connectivity index (χ4n) is 3.07. The number of urea groups is 1. The minimum atomic E-state index is -0.420. The van der Waals surface area contributed by atoms with Crippen LogP contribution in [0.2, 0.25) is 0 Å². The van der Waals surface area contributed by atoms with Gasteiger partial charge in [0.05, 0.1) is 31.0 Å². The zero-order valence-corrected chi connectivity index (χ0v) is 14.3. The zero-order valence-electron chi connectivity index (χ0n) is 14.3. The monoisotopic (exact) mass is 329 g/mol. The molecule has 3 rings (SSSR count). The van der Waals surface area contributed by atoms with E-state index >= 15 is 0 Å². The normalized spacial score (nSPS) is 20.2. The number of carbonyl (C=O) groups excluding carboxylic acids is 2. The molecule has 0 fully saturated rings. The summed E-state index contributed by atoms with van der Waals surface area (Å²) in [4.78, 5) is 26.6. The molecule has 0 radical (unpaired) electrons. The number of methoxy groups -OCH3 is 1. The second kappa shape index (κ2) is 6.55. The van der Waals surface area contributed by atoms with Crippen LogP contribution in [-0.2, 0) is 4.79 Å². The van der Waals surface area contributed by atoms with Crippen LogP contribution >= 0.6 is 0 Å². The van der Waals surface area contributed by atoms with E-state index in [1.165, 1.54) is 0 Å². The Kier molecular flexibility index (Phi) is 4.46. The number of ether oxygens (including phenoxy) is 1. The van der Waals surface area contributed by atoms with Crippen molar-refractivity contribution in [3.8, 4) is 5.75 Å². The highest BCUT2D eigenvalue weighted by atomic mass is 16.5. The van der Waals surface area contributed by atoms with E-state index in [9.17, 15) is 9.59 Å². The third-order valence-electron chi connectivity index (χ3n) is 4.45. The molecular weight excluding hydrogens is 306 g/mol. The van der Waals surface area contributed by atoms with Crippen LogP contribution in [-0.4, -0.2) is 37.0 Å². The predicted molar refractivity (Wildman–Crippen MR) is 90.5 cm³/mol. The van der Waals surface area contributed by atoms with Crippen LogP contribution < -0.4 is 15.4 Å². The second-order valence-electron chi connectivity index (χ2n) is 6.61. The molecule has 0 aromatic heterocycles. The van der Waals surface area contributed by atoms with Crippen molar-refractivity contribution in [2.24, 2.45) is 5.92 Å². The van der Waals surface area contributed by atoms with Gasteiger partial charge >= 0.3 is 6.03 Å². The molecule has 2 N–H and O–H groups in total. The van der Waals surface area contributed by atoms with E-state index in [0.717, 1.165) is 17.7 Å². The van der Waals surface area contributed by atoms with Crippen LogP contribution in [0.15, 0.2) is 35.5 Å². The molecule has 0 saturated carbocycles. The van der Waals surface area contributed by atoms with Crippen molar-refractivity contribution in [3.63, 3.8) is 0 Å². The number of benzene rings is 1. The van der Waals surface area contributed by atoms with Crippen molar-refractivity contribution < 1.29 is 14.3 Å². The summed E-state index contributed by atoms with van der Waals surface area (Å²) in [7, 11) is 1.61. The van der Waals surface area contributed by atoms with Crippen LogP contribution in [0, 0.1) is 5.92 Å². The van der Waals surface area contributed by atoms with Crippen molar-refractivity contribution >= 4 is 11.9 Å². The van der Waals surface area contributed by atoms with Gasteiger partial charge in [0, 0.05) is 6.54 Å². The Morgan fingerprint density at radius 1 is 1.25 bits per heavy atom. The van der Waals surface area contributed by atoms with Crippen molar-refractivity contribution in [2.75, 3.05) is 20.2 Å². The molecule has 2 aliphatic rings. The van der Waals surface area contributed by atoms with Gasteiger partial charge in [0.1, 0.15) is 5.75 Å². The van der Waals surface area contributed by atoms with E-state index in [1.54, 1.807) is 7.11 Å². The highest BCUT2D eigenvalue weighted by Crippen LogP contribution is 2.33. The maximum absolute atomic E-state index is 12.8. The fourth-order valence-corrected chi connectivity index (χ4v) is 3.07. The smallest absolute Gasteiger partial charge is 0.319 e. The zero-order chi connectivity index (χ0) is 17.3. The summed E-state index contributed by atoms with van der Waals surface area (Å²) in [6, 6.07) is 6.73. The summed E-state index contributed by atoms with van der Waals surface area (Å²) < 4.78 is 5.17. The lowest BCUT2D eigenvalue weighted by molar-refractivity contribution is -0.125. The third-order valence-corrected chi connectivity index (χ3v) is 4.45. The molecule has 1 aromatic carbocycles. The SMILES string of the molecule is COc1ccc([C@@H]2NC(=O)NC3=C2C(=O)N(CCC(C)C)C3)cc1. The molecule has 0 spiro atoms. The minimum absolute atomic E-state index is 0.000956. The van der Waals surface area contributed by atoms with E-state index in [1.807, 2.05) is 29.2 Å². The molecule has 6 nitrogen and oxygen atoms in total. The topological polar surface area (TPSA) is 70.7 Å². The average Bonchev–Trinajstić information content (AvgIpc) is 2.88. The summed E-state index contributed by atoms with van der Waals surface area (Å²) in [5.74, 6) is 1.27. The summed E-state index contributed by atoms with van der Waals surface area (Å²) in [5, 5.41) is 5.65. The maximum Gasteiger partial charge on any atom is 0.319 e. The van der Waals surface area contributed by atoms with Gasteiger partial charge in [-0.3, -0.25) is 4.79 Å². The first-order chi connectivity index (χ1) is 11.5. The standard InChI is InChI=1S/C18H23N3O3/c1-11(2)8-9-21-10-14-15(17(21)22)16(20-18(23)19-14)12-4-6-13(24-3)7-5-12/h4-7,11,16H,8-10H2,1-3H3,(H2,19,20,23)/t16-/m0/s1. The van der Waals surface area contributed by atoms with Crippen LogP contribution in [0.4, 0.5) is 4.79 Å². The molecule has 2 aliphatic heterocycles. The largest absolute Gasteiger partial charge is 0.497 e. The Morgan fingerprint density at radius 2 is 1.96 bits per heavy atom. The van der Waals surface area contributed by atoms with Gasteiger partial charge in [-0.25, -0.2) is 4.79 Å². The maximum atomic E-state index is 12.8. The molecule has 1 atom stereocenters. The van der Waals surface area contributed by atoms with E-state index < -0.39 is 6.04 Å². The molecular formula is C18H23N3O3. The number of rotatable bonds is 5. The molecule has 2 heterocycles. The number of nitrogens with zero attached hydrogens (tertiary/aromatic N) is 1. The Hall–Kier alpha value is -2.50. The highest BCUT2D eigenvalue weighted by molar-refractivity contribution is 6.01. The van der Waals surface area contributed by atoms with E-state index in [4.69, 9.17) is 4.74 Å². The lowest BCUT2D eigenvalue weighted by Crippen LogP contribution is -2.44. The van der Waals surface area contributed by atoms with Crippen molar-refractivity contribution in [3.05, 3.63) is 41.1 Å². The third kappa shape index (κ3) is 3.09. The molecule has 3 amide bonds. The molecule has 1 aromatic rings. The number of carbonyl (C=O) groups is 2. The summed E-state index contributed by atoms with van der Waals surface area (Å²) in [6.45, 7) is 5.45. The first-order valence-electron chi connectivity index (χ1n) is 8.23. The summed E-state index contributed by atoms with van der Waals surface area (Å²) in [5.41, 5.74) is 2.23. The molecule has 6 heteroatoms. The predicted octanol–water partition coefficient (Wildman–Crippen LogP) is 2.19. The van der Waals surface area contributed by atoms with Gasteiger partial charge < -0.3 is 20.3 Å². The molecule has 0 aliphatic carbocycles. The molecule has 0 saturated heterocycles. The van der Waals surface area contributed by atoms with E-state index in [-0.39, 0.29) is 11.9 Å². The minimum Gasteiger partial charge on any atom is -0.497 e. The quantitative estimate of drug-likeness (QED) is 0.870. The van der Waals surface area contributed by atoms with E-state index in [2.05, 4.69) is 24.5 Å².